The zero-order valence-electron chi connectivity index (χ0n) is 9.95. The molecule has 16 heavy (non-hydrogen) atoms. The van der Waals surface area contributed by atoms with E-state index in [9.17, 15) is 9.90 Å². The Morgan fingerprint density at radius 2 is 2.06 bits per heavy atom. The minimum absolute atomic E-state index is 0.451. The van der Waals surface area contributed by atoms with Crippen LogP contribution < -0.4 is 0 Å². The number of rotatable bonds is 4. The van der Waals surface area contributed by atoms with Gasteiger partial charge in [0.25, 0.3) is 0 Å². The summed E-state index contributed by atoms with van der Waals surface area (Å²) in [5.74, 6) is -0.613. The number of ether oxygens (including phenoxy) is 1. The summed E-state index contributed by atoms with van der Waals surface area (Å²) in [5.41, 5.74) is -0.451. The van der Waals surface area contributed by atoms with Gasteiger partial charge < -0.3 is 14.7 Å². The van der Waals surface area contributed by atoms with Crippen molar-refractivity contribution in [3.8, 4) is 0 Å². The highest BCUT2D eigenvalue weighted by molar-refractivity contribution is 5.76. The fourth-order valence-electron chi connectivity index (χ4n) is 2.78. The zero-order valence-corrected chi connectivity index (χ0v) is 9.95. The Morgan fingerprint density at radius 1 is 1.44 bits per heavy atom. The third-order valence-electron chi connectivity index (χ3n) is 4.13. The van der Waals surface area contributed by atoms with Crippen molar-refractivity contribution in [2.24, 2.45) is 5.41 Å². The van der Waals surface area contributed by atoms with Crippen molar-refractivity contribution in [2.75, 3.05) is 26.8 Å². The first-order valence-electron chi connectivity index (χ1n) is 6.15. The fourth-order valence-corrected chi connectivity index (χ4v) is 2.78. The lowest BCUT2D eigenvalue weighted by Crippen LogP contribution is -2.50. The normalized spacial score (nSPS) is 25.4. The van der Waals surface area contributed by atoms with E-state index in [1.807, 2.05) is 0 Å². The van der Waals surface area contributed by atoms with E-state index in [0.717, 1.165) is 45.3 Å². The van der Waals surface area contributed by atoms with Crippen molar-refractivity contribution in [1.29, 1.82) is 0 Å². The minimum Gasteiger partial charge on any atom is -0.481 e. The smallest absolute Gasteiger partial charge is 0.310 e. The maximum atomic E-state index is 11.3. The Labute approximate surface area is 96.6 Å². The monoisotopic (exact) mass is 227 g/mol. The molecule has 0 unspecified atom stereocenters. The topological polar surface area (TPSA) is 49.8 Å². The molecule has 2 rings (SSSR count). The van der Waals surface area contributed by atoms with E-state index in [1.54, 1.807) is 0 Å². The first-order chi connectivity index (χ1) is 7.64. The van der Waals surface area contributed by atoms with Crippen molar-refractivity contribution in [3.63, 3.8) is 0 Å². The van der Waals surface area contributed by atoms with E-state index < -0.39 is 11.4 Å². The first-order valence-corrected chi connectivity index (χ1v) is 6.15. The molecule has 1 N–H and O–H groups in total. The van der Waals surface area contributed by atoms with Crippen LogP contribution in [-0.4, -0.2) is 48.8 Å². The highest BCUT2D eigenvalue weighted by atomic mass is 16.5. The molecular weight excluding hydrogens is 206 g/mol. The van der Waals surface area contributed by atoms with E-state index in [0.29, 0.717) is 12.6 Å². The van der Waals surface area contributed by atoms with Crippen LogP contribution in [0, 0.1) is 5.41 Å². The van der Waals surface area contributed by atoms with E-state index in [-0.39, 0.29) is 0 Å². The molecule has 0 atom stereocenters. The summed E-state index contributed by atoms with van der Waals surface area (Å²) >= 11 is 0. The molecule has 2 aliphatic rings. The lowest BCUT2D eigenvalue weighted by atomic mass is 9.68. The van der Waals surface area contributed by atoms with Gasteiger partial charge in [0.1, 0.15) is 0 Å². The molecule has 1 heterocycles. The molecule has 4 nitrogen and oxygen atoms in total. The molecule has 0 aromatic carbocycles. The maximum Gasteiger partial charge on any atom is 0.310 e. The maximum absolute atomic E-state index is 11.3. The number of aliphatic carboxylic acids is 1. The van der Waals surface area contributed by atoms with Crippen LogP contribution in [0.1, 0.15) is 32.1 Å². The summed E-state index contributed by atoms with van der Waals surface area (Å²) in [7, 11) is 2.05. The fraction of sp³-hybridized carbons (Fsp3) is 0.917. The second-order valence-electron chi connectivity index (χ2n) is 5.20. The summed E-state index contributed by atoms with van der Waals surface area (Å²) in [4.78, 5) is 13.5. The number of hydrogen-bond acceptors (Lipinski definition) is 3. The second kappa shape index (κ2) is 4.72. The van der Waals surface area contributed by atoms with Crippen molar-refractivity contribution in [3.05, 3.63) is 0 Å². The minimum atomic E-state index is -0.613. The van der Waals surface area contributed by atoms with Gasteiger partial charge in [-0.1, -0.05) is 6.42 Å². The molecule has 2 fully saturated rings. The van der Waals surface area contributed by atoms with Crippen LogP contribution in [0.25, 0.3) is 0 Å². The van der Waals surface area contributed by atoms with Gasteiger partial charge >= 0.3 is 5.97 Å². The quantitative estimate of drug-likeness (QED) is 0.787. The molecule has 0 aromatic rings. The third kappa shape index (κ3) is 2.23. The SMILES string of the molecule is CN(CC1(C(=O)O)CCC1)C1CCOCC1. The third-order valence-corrected chi connectivity index (χ3v) is 4.13. The standard InChI is InChI=1S/C12H21NO3/c1-13(10-3-7-16-8-4-10)9-12(11(14)15)5-2-6-12/h10H,2-9H2,1H3,(H,14,15). The van der Waals surface area contributed by atoms with Gasteiger partial charge in [-0.25, -0.2) is 0 Å². The molecule has 1 saturated carbocycles. The average Bonchev–Trinajstić information content (AvgIpc) is 2.24. The molecular formula is C12H21NO3. The summed E-state index contributed by atoms with van der Waals surface area (Å²) in [5, 5.41) is 9.28. The summed E-state index contributed by atoms with van der Waals surface area (Å²) in [6.45, 7) is 2.33. The Morgan fingerprint density at radius 3 is 2.50 bits per heavy atom. The van der Waals surface area contributed by atoms with Gasteiger partial charge in [-0.2, -0.15) is 0 Å². The van der Waals surface area contributed by atoms with Crippen molar-refractivity contribution < 1.29 is 14.6 Å². The van der Waals surface area contributed by atoms with Crippen LogP contribution >= 0.6 is 0 Å². The highest BCUT2D eigenvalue weighted by Crippen LogP contribution is 2.42. The predicted octanol–water partition coefficient (Wildman–Crippen LogP) is 1.35. The van der Waals surface area contributed by atoms with Gasteiger partial charge in [0, 0.05) is 25.8 Å². The predicted molar refractivity (Wildman–Crippen MR) is 60.4 cm³/mol. The van der Waals surface area contributed by atoms with Crippen molar-refractivity contribution in [2.45, 2.75) is 38.1 Å². The van der Waals surface area contributed by atoms with Crippen LogP contribution in [0.15, 0.2) is 0 Å². The second-order valence-corrected chi connectivity index (χ2v) is 5.20. The van der Waals surface area contributed by atoms with E-state index in [2.05, 4.69) is 11.9 Å². The van der Waals surface area contributed by atoms with Crippen LogP contribution in [0.2, 0.25) is 0 Å². The molecule has 0 amide bonds. The van der Waals surface area contributed by atoms with E-state index in [4.69, 9.17) is 4.74 Å². The molecule has 1 aliphatic heterocycles. The lowest BCUT2D eigenvalue weighted by Gasteiger charge is -2.43. The molecule has 1 saturated heterocycles. The van der Waals surface area contributed by atoms with Crippen LogP contribution in [0.5, 0.6) is 0 Å². The number of carbonyl (C=O) groups is 1. The molecule has 0 spiro atoms. The lowest BCUT2D eigenvalue weighted by molar-refractivity contribution is -0.156. The summed E-state index contributed by atoms with van der Waals surface area (Å²) < 4.78 is 5.32. The van der Waals surface area contributed by atoms with Crippen LogP contribution in [0.3, 0.4) is 0 Å². The molecule has 4 heteroatoms. The highest BCUT2D eigenvalue weighted by Gasteiger charge is 2.45. The van der Waals surface area contributed by atoms with Gasteiger partial charge in [0.15, 0.2) is 0 Å². The van der Waals surface area contributed by atoms with Crippen molar-refractivity contribution >= 4 is 5.97 Å². The Balaban J connectivity index is 1.89. The van der Waals surface area contributed by atoms with Crippen LogP contribution in [0.4, 0.5) is 0 Å². The molecule has 1 aliphatic carbocycles. The Kier molecular flexibility index (Phi) is 3.50. The number of hydrogen-bond donors (Lipinski definition) is 1. The van der Waals surface area contributed by atoms with Gasteiger partial charge in [-0.05, 0) is 32.7 Å². The van der Waals surface area contributed by atoms with Crippen LogP contribution in [-0.2, 0) is 9.53 Å². The Bertz CT molecular complexity index is 257. The van der Waals surface area contributed by atoms with Crippen molar-refractivity contribution in [1.82, 2.24) is 4.90 Å². The largest absolute Gasteiger partial charge is 0.481 e. The van der Waals surface area contributed by atoms with E-state index in [1.165, 1.54) is 0 Å². The summed E-state index contributed by atoms with van der Waals surface area (Å²) in [6.07, 6.45) is 4.82. The van der Waals surface area contributed by atoms with Gasteiger partial charge in [0.05, 0.1) is 5.41 Å². The van der Waals surface area contributed by atoms with Gasteiger partial charge in [-0.3, -0.25) is 4.79 Å². The van der Waals surface area contributed by atoms with E-state index >= 15 is 0 Å². The molecule has 0 aromatic heterocycles. The zero-order chi connectivity index (χ0) is 11.6. The number of carboxylic acids is 1. The molecule has 0 bridgehead atoms. The first kappa shape index (κ1) is 11.9. The number of nitrogens with zero attached hydrogens (tertiary/aromatic N) is 1. The van der Waals surface area contributed by atoms with Gasteiger partial charge in [0.2, 0.25) is 0 Å². The number of carboxylic acid groups (broad SMARTS) is 1. The average molecular weight is 227 g/mol. The Hall–Kier alpha value is -0.610. The summed E-state index contributed by atoms with van der Waals surface area (Å²) in [6, 6.07) is 0.505. The molecule has 92 valence electrons. The van der Waals surface area contributed by atoms with Gasteiger partial charge in [-0.15, -0.1) is 0 Å². The molecule has 0 radical (unpaired) electrons.